The zero-order valence-corrected chi connectivity index (χ0v) is 12.6. The van der Waals surface area contributed by atoms with E-state index in [1.165, 1.54) is 36.1 Å². The Balaban J connectivity index is 1.86. The molecule has 0 aliphatic carbocycles. The fourth-order valence-electron chi connectivity index (χ4n) is 3.54. The smallest absolute Gasteiger partial charge is 0.307 e. The molecule has 21 heavy (non-hydrogen) atoms. The van der Waals surface area contributed by atoms with Crippen LogP contribution >= 0.6 is 0 Å². The Morgan fingerprint density at radius 3 is 2.71 bits per heavy atom. The molecule has 0 saturated carbocycles. The van der Waals surface area contributed by atoms with Crippen molar-refractivity contribution in [1.29, 1.82) is 0 Å². The maximum atomic E-state index is 11.2. The van der Waals surface area contributed by atoms with Crippen LogP contribution in [0.2, 0.25) is 0 Å². The van der Waals surface area contributed by atoms with Crippen molar-refractivity contribution in [2.75, 3.05) is 24.5 Å². The van der Waals surface area contributed by atoms with Gasteiger partial charge in [-0.25, -0.2) is 0 Å². The number of nitrogens with one attached hydrogen (secondary N) is 1. The highest BCUT2D eigenvalue weighted by molar-refractivity contribution is 5.71. The van der Waals surface area contributed by atoms with Gasteiger partial charge in [0.05, 0.1) is 5.92 Å². The van der Waals surface area contributed by atoms with Crippen molar-refractivity contribution in [2.24, 2.45) is 5.92 Å². The van der Waals surface area contributed by atoms with Gasteiger partial charge in [-0.05, 0) is 44.2 Å². The van der Waals surface area contributed by atoms with Crippen LogP contribution in [-0.2, 0) is 4.79 Å². The molecule has 2 N–H and O–H groups in total. The van der Waals surface area contributed by atoms with E-state index in [-0.39, 0.29) is 12.0 Å². The predicted octanol–water partition coefficient (Wildman–Crippen LogP) is 2.72. The summed E-state index contributed by atoms with van der Waals surface area (Å²) in [4.78, 5) is 13.6. The summed E-state index contributed by atoms with van der Waals surface area (Å²) in [6.07, 6.45) is 4.52. The lowest BCUT2D eigenvalue weighted by molar-refractivity contribution is -0.141. The van der Waals surface area contributed by atoms with Crippen LogP contribution < -0.4 is 10.2 Å². The summed E-state index contributed by atoms with van der Waals surface area (Å²) in [5, 5.41) is 12.6. The van der Waals surface area contributed by atoms with Gasteiger partial charge in [0, 0.05) is 31.4 Å². The lowest BCUT2D eigenvalue weighted by Crippen LogP contribution is -2.31. The van der Waals surface area contributed by atoms with Gasteiger partial charge in [0.1, 0.15) is 0 Å². The molecule has 2 atom stereocenters. The molecule has 4 heteroatoms. The van der Waals surface area contributed by atoms with E-state index in [9.17, 15) is 9.90 Å². The van der Waals surface area contributed by atoms with Gasteiger partial charge < -0.3 is 15.3 Å². The molecule has 0 spiro atoms. The van der Waals surface area contributed by atoms with Crippen molar-refractivity contribution in [3.8, 4) is 0 Å². The van der Waals surface area contributed by atoms with Crippen LogP contribution in [0.3, 0.4) is 0 Å². The molecule has 2 heterocycles. The van der Waals surface area contributed by atoms with Crippen LogP contribution in [0.5, 0.6) is 0 Å². The number of aliphatic carboxylic acids is 1. The summed E-state index contributed by atoms with van der Waals surface area (Å²) in [5.74, 6) is -0.943. The molecule has 2 aliphatic heterocycles. The second-order valence-electron chi connectivity index (χ2n) is 6.34. The summed E-state index contributed by atoms with van der Waals surface area (Å²) >= 11 is 0. The minimum Gasteiger partial charge on any atom is -0.481 e. The van der Waals surface area contributed by atoms with Gasteiger partial charge in [0.15, 0.2) is 0 Å². The van der Waals surface area contributed by atoms with E-state index in [2.05, 4.69) is 35.3 Å². The maximum Gasteiger partial charge on any atom is 0.307 e. The molecule has 2 saturated heterocycles. The number of benzene rings is 1. The van der Waals surface area contributed by atoms with Gasteiger partial charge in [-0.3, -0.25) is 4.79 Å². The number of carboxylic acids is 1. The SMILES string of the molecule is Cc1ccc(N2CCCCC2)c(C2CC(C(=O)O)CN2)c1. The van der Waals surface area contributed by atoms with Crippen LogP contribution in [0.4, 0.5) is 5.69 Å². The number of carbonyl (C=O) groups is 1. The van der Waals surface area contributed by atoms with Gasteiger partial charge in [0.25, 0.3) is 0 Å². The highest BCUT2D eigenvalue weighted by atomic mass is 16.4. The van der Waals surface area contributed by atoms with Gasteiger partial charge >= 0.3 is 5.97 Å². The summed E-state index contributed by atoms with van der Waals surface area (Å²) in [6, 6.07) is 6.78. The van der Waals surface area contributed by atoms with E-state index in [0.29, 0.717) is 13.0 Å². The molecular formula is C17H24N2O2. The van der Waals surface area contributed by atoms with Crippen molar-refractivity contribution >= 4 is 11.7 Å². The van der Waals surface area contributed by atoms with E-state index in [1.54, 1.807) is 0 Å². The van der Waals surface area contributed by atoms with Gasteiger partial charge in [-0.15, -0.1) is 0 Å². The summed E-state index contributed by atoms with van der Waals surface area (Å²) in [5.41, 5.74) is 3.82. The number of nitrogens with zero attached hydrogens (tertiary/aromatic N) is 1. The van der Waals surface area contributed by atoms with Crippen molar-refractivity contribution in [3.63, 3.8) is 0 Å². The average Bonchev–Trinajstić information content (AvgIpc) is 2.98. The fourth-order valence-corrected chi connectivity index (χ4v) is 3.54. The summed E-state index contributed by atoms with van der Waals surface area (Å²) in [7, 11) is 0. The lowest BCUT2D eigenvalue weighted by atomic mass is 9.96. The monoisotopic (exact) mass is 288 g/mol. The summed E-state index contributed by atoms with van der Waals surface area (Å²) < 4.78 is 0. The normalized spacial score (nSPS) is 26.0. The first kappa shape index (κ1) is 14.4. The Morgan fingerprint density at radius 2 is 2.05 bits per heavy atom. The second-order valence-corrected chi connectivity index (χ2v) is 6.34. The largest absolute Gasteiger partial charge is 0.481 e. The van der Waals surface area contributed by atoms with E-state index >= 15 is 0 Å². The number of hydrogen-bond donors (Lipinski definition) is 2. The molecule has 0 amide bonds. The van der Waals surface area contributed by atoms with Crippen LogP contribution in [0.15, 0.2) is 18.2 Å². The van der Waals surface area contributed by atoms with Crippen LogP contribution in [0, 0.1) is 12.8 Å². The Kier molecular flexibility index (Phi) is 4.15. The van der Waals surface area contributed by atoms with Crippen LogP contribution in [0.1, 0.15) is 42.9 Å². The molecular weight excluding hydrogens is 264 g/mol. The first-order chi connectivity index (χ1) is 10.1. The number of rotatable bonds is 3. The van der Waals surface area contributed by atoms with Crippen molar-refractivity contribution in [3.05, 3.63) is 29.3 Å². The zero-order chi connectivity index (χ0) is 14.8. The van der Waals surface area contributed by atoms with E-state index in [4.69, 9.17) is 0 Å². The molecule has 3 rings (SSSR count). The van der Waals surface area contributed by atoms with Gasteiger partial charge in [-0.1, -0.05) is 17.7 Å². The molecule has 2 unspecified atom stereocenters. The van der Waals surface area contributed by atoms with Gasteiger partial charge in [-0.2, -0.15) is 0 Å². The van der Waals surface area contributed by atoms with Gasteiger partial charge in [0.2, 0.25) is 0 Å². The fraction of sp³-hybridized carbons (Fsp3) is 0.588. The van der Waals surface area contributed by atoms with Crippen LogP contribution in [0.25, 0.3) is 0 Å². The first-order valence-corrected chi connectivity index (χ1v) is 7.97. The Hall–Kier alpha value is -1.55. The van der Waals surface area contributed by atoms with Crippen molar-refractivity contribution in [2.45, 2.75) is 38.6 Å². The second kappa shape index (κ2) is 6.06. The molecule has 0 aromatic heterocycles. The quantitative estimate of drug-likeness (QED) is 0.898. The lowest BCUT2D eigenvalue weighted by Gasteiger charge is -2.32. The number of aryl methyl sites for hydroxylation is 1. The minimum absolute atomic E-state index is 0.169. The summed E-state index contributed by atoms with van der Waals surface area (Å²) in [6.45, 7) is 4.91. The number of carboxylic acid groups (broad SMARTS) is 1. The molecule has 2 fully saturated rings. The van der Waals surface area contributed by atoms with E-state index < -0.39 is 5.97 Å². The average molecular weight is 288 g/mol. The Bertz CT molecular complexity index is 524. The highest BCUT2D eigenvalue weighted by Crippen LogP contribution is 2.35. The molecule has 2 aliphatic rings. The molecule has 0 radical (unpaired) electrons. The molecule has 4 nitrogen and oxygen atoms in total. The number of anilines is 1. The van der Waals surface area contributed by atoms with E-state index in [1.807, 2.05) is 0 Å². The number of hydrogen-bond acceptors (Lipinski definition) is 3. The third-order valence-corrected chi connectivity index (χ3v) is 4.74. The zero-order valence-electron chi connectivity index (χ0n) is 12.6. The number of piperidine rings is 1. The Labute approximate surface area is 126 Å². The predicted molar refractivity (Wildman–Crippen MR) is 83.7 cm³/mol. The minimum atomic E-state index is -0.683. The third-order valence-electron chi connectivity index (χ3n) is 4.74. The third kappa shape index (κ3) is 3.05. The highest BCUT2D eigenvalue weighted by Gasteiger charge is 2.32. The topological polar surface area (TPSA) is 52.6 Å². The first-order valence-electron chi connectivity index (χ1n) is 7.97. The molecule has 1 aromatic rings. The molecule has 114 valence electrons. The molecule has 0 bridgehead atoms. The van der Waals surface area contributed by atoms with E-state index in [0.717, 1.165) is 13.1 Å². The van der Waals surface area contributed by atoms with Crippen molar-refractivity contribution < 1.29 is 9.90 Å². The Morgan fingerprint density at radius 1 is 1.29 bits per heavy atom. The van der Waals surface area contributed by atoms with Crippen molar-refractivity contribution in [1.82, 2.24) is 5.32 Å². The standard InChI is InChI=1S/C17H24N2O2/c1-12-5-6-16(19-7-3-2-4-8-19)14(9-12)15-10-13(11-18-15)17(20)21/h5-6,9,13,15,18H,2-4,7-8,10-11H2,1H3,(H,20,21). The van der Waals surface area contributed by atoms with Crippen LogP contribution in [-0.4, -0.2) is 30.7 Å². The maximum absolute atomic E-state index is 11.2. The molecule has 1 aromatic carbocycles.